The predicted molar refractivity (Wildman–Crippen MR) is 83.0 cm³/mol. The first kappa shape index (κ1) is 18.4. The van der Waals surface area contributed by atoms with E-state index < -0.39 is 0 Å². The average Bonchev–Trinajstić information content (AvgIpc) is 2.27. The Bertz CT molecular complexity index is 403. The molecule has 3 nitrogen and oxygen atoms in total. The minimum Gasteiger partial charge on any atom is -0.493 e. The van der Waals surface area contributed by atoms with Crippen LogP contribution in [0, 0.1) is 0 Å². The van der Waals surface area contributed by atoms with Gasteiger partial charge in [0.25, 0.3) is 0 Å². The molecule has 1 aromatic rings. The molecule has 0 aliphatic rings. The van der Waals surface area contributed by atoms with Crippen LogP contribution in [0.4, 0.5) is 0 Å². The summed E-state index contributed by atoms with van der Waals surface area (Å²) >= 11 is 6.25. The number of hydrogen-bond donors (Lipinski definition) is 1. The SMILES string of the molecule is CCOc1cc(Cl)c(CNC(C)(C)C)cc1OC.Cl. The molecule has 0 radical (unpaired) electrons. The van der Waals surface area contributed by atoms with Crippen LogP contribution in [0.3, 0.4) is 0 Å². The topological polar surface area (TPSA) is 30.5 Å². The molecule has 0 unspecified atom stereocenters. The van der Waals surface area contributed by atoms with Crippen LogP contribution in [0.5, 0.6) is 11.5 Å². The maximum absolute atomic E-state index is 6.25. The second-order valence-electron chi connectivity index (χ2n) is 5.13. The Kier molecular flexibility index (Phi) is 7.57. The summed E-state index contributed by atoms with van der Waals surface area (Å²) in [5, 5.41) is 4.09. The van der Waals surface area contributed by atoms with Crippen LogP contribution in [0.2, 0.25) is 5.02 Å². The third kappa shape index (κ3) is 5.89. The molecule has 0 spiro atoms. The summed E-state index contributed by atoms with van der Waals surface area (Å²) in [6.07, 6.45) is 0. The van der Waals surface area contributed by atoms with Gasteiger partial charge in [0.2, 0.25) is 0 Å². The van der Waals surface area contributed by atoms with E-state index in [-0.39, 0.29) is 17.9 Å². The molecule has 0 heterocycles. The minimum atomic E-state index is 0. The van der Waals surface area contributed by atoms with Gasteiger partial charge in [-0.05, 0) is 39.3 Å². The van der Waals surface area contributed by atoms with E-state index in [9.17, 15) is 0 Å². The molecule has 0 aliphatic heterocycles. The van der Waals surface area contributed by atoms with E-state index in [0.717, 1.165) is 5.56 Å². The number of hydrogen-bond acceptors (Lipinski definition) is 3. The van der Waals surface area contributed by atoms with Crippen molar-refractivity contribution in [3.05, 3.63) is 22.7 Å². The van der Waals surface area contributed by atoms with Crippen LogP contribution in [0.15, 0.2) is 12.1 Å². The first-order valence-corrected chi connectivity index (χ1v) is 6.49. The van der Waals surface area contributed by atoms with E-state index in [1.165, 1.54) is 0 Å². The van der Waals surface area contributed by atoms with E-state index in [4.69, 9.17) is 21.1 Å². The van der Waals surface area contributed by atoms with Crippen LogP contribution in [0.1, 0.15) is 33.3 Å². The number of ether oxygens (including phenoxy) is 2. The highest BCUT2D eigenvalue weighted by Gasteiger charge is 2.13. The number of rotatable bonds is 5. The quantitative estimate of drug-likeness (QED) is 0.890. The Hall–Kier alpha value is -0.640. The maximum Gasteiger partial charge on any atom is 0.162 e. The van der Waals surface area contributed by atoms with Crippen molar-refractivity contribution in [3.8, 4) is 11.5 Å². The average molecular weight is 308 g/mol. The minimum absolute atomic E-state index is 0. The Balaban J connectivity index is 0.00000324. The van der Waals surface area contributed by atoms with Crippen molar-refractivity contribution in [1.29, 1.82) is 0 Å². The van der Waals surface area contributed by atoms with Gasteiger partial charge in [-0.1, -0.05) is 11.6 Å². The van der Waals surface area contributed by atoms with Crippen molar-refractivity contribution < 1.29 is 9.47 Å². The summed E-state index contributed by atoms with van der Waals surface area (Å²) in [4.78, 5) is 0. The highest BCUT2D eigenvalue weighted by molar-refractivity contribution is 6.31. The molecule has 0 saturated carbocycles. The maximum atomic E-state index is 6.25. The summed E-state index contributed by atoms with van der Waals surface area (Å²) in [6.45, 7) is 9.58. The highest BCUT2D eigenvalue weighted by Crippen LogP contribution is 2.33. The lowest BCUT2D eigenvalue weighted by Gasteiger charge is -2.21. The first-order valence-electron chi connectivity index (χ1n) is 6.11. The zero-order valence-electron chi connectivity index (χ0n) is 12.2. The third-order valence-corrected chi connectivity index (χ3v) is 2.79. The fraction of sp³-hybridized carbons (Fsp3) is 0.571. The van der Waals surface area contributed by atoms with Gasteiger partial charge in [0, 0.05) is 23.2 Å². The first-order chi connectivity index (χ1) is 8.37. The van der Waals surface area contributed by atoms with Gasteiger partial charge in [-0.3, -0.25) is 0 Å². The summed E-state index contributed by atoms with van der Waals surface area (Å²) in [7, 11) is 1.63. The van der Waals surface area contributed by atoms with Crippen molar-refractivity contribution in [2.24, 2.45) is 0 Å². The van der Waals surface area contributed by atoms with Crippen molar-refractivity contribution >= 4 is 24.0 Å². The van der Waals surface area contributed by atoms with Crippen molar-refractivity contribution in [2.75, 3.05) is 13.7 Å². The molecule has 110 valence electrons. The van der Waals surface area contributed by atoms with Crippen LogP contribution in [-0.2, 0) is 6.54 Å². The predicted octanol–water partition coefficient (Wildman–Crippen LogP) is 4.06. The van der Waals surface area contributed by atoms with Crippen LogP contribution < -0.4 is 14.8 Å². The molecule has 0 aliphatic carbocycles. The summed E-state index contributed by atoms with van der Waals surface area (Å²) in [5.41, 5.74) is 1.06. The molecule has 0 aromatic heterocycles. The van der Waals surface area contributed by atoms with E-state index in [2.05, 4.69) is 26.1 Å². The Morgan fingerprint density at radius 2 is 1.84 bits per heavy atom. The Morgan fingerprint density at radius 3 is 2.32 bits per heavy atom. The van der Waals surface area contributed by atoms with E-state index in [1.807, 2.05) is 19.1 Å². The van der Waals surface area contributed by atoms with Gasteiger partial charge in [0.1, 0.15) is 0 Å². The third-order valence-electron chi connectivity index (χ3n) is 2.44. The van der Waals surface area contributed by atoms with Gasteiger partial charge < -0.3 is 14.8 Å². The highest BCUT2D eigenvalue weighted by atomic mass is 35.5. The summed E-state index contributed by atoms with van der Waals surface area (Å²) < 4.78 is 10.8. The van der Waals surface area contributed by atoms with E-state index in [1.54, 1.807) is 7.11 Å². The van der Waals surface area contributed by atoms with E-state index in [0.29, 0.717) is 29.7 Å². The van der Waals surface area contributed by atoms with Crippen molar-refractivity contribution in [2.45, 2.75) is 39.8 Å². The molecular weight excluding hydrogens is 285 g/mol. The Morgan fingerprint density at radius 1 is 1.21 bits per heavy atom. The van der Waals surface area contributed by atoms with Gasteiger partial charge in [-0.15, -0.1) is 12.4 Å². The molecule has 0 amide bonds. The second kappa shape index (κ2) is 7.83. The zero-order chi connectivity index (χ0) is 13.8. The molecule has 0 bridgehead atoms. The molecule has 0 fully saturated rings. The number of benzene rings is 1. The lowest BCUT2D eigenvalue weighted by Crippen LogP contribution is -2.35. The molecule has 19 heavy (non-hydrogen) atoms. The largest absolute Gasteiger partial charge is 0.493 e. The van der Waals surface area contributed by atoms with Crippen LogP contribution >= 0.6 is 24.0 Å². The van der Waals surface area contributed by atoms with Crippen molar-refractivity contribution in [3.63, 3.8) is 0 Å². The lowest BCUT2D eigenvalue weighted by atomic mass is 10.1. The molecule has 5 heteroatoms. The molecule has 1 rings (SSSR count). The standard InChI is InChI=1S/C14H22ClNO2.ClH/c1-6-18-13-8-11(15)10(7-12(13)17-5)9-16-14(2,3)4;/h7-8,16H,6,9H2,1-5H3;1H. The molecule has 0 saturated heterocycles. The fourth-order valence-corrected chi connectivity index (χ4v) is 1.72. The van der Waals surface area contributed by atoms with Crippen LogP contribution in [0.25, 0.3) is 0 Å². The fourth-order valence-electron chi connectivity index (χ4n) is 1.50. The van der Waals surface area contributed by atoms with E-state index >= 15 is 0 Å². The summed E-state index contributed by atoms with van der Waals surface area (Å²) in [5.74, 6) is 1.40. The normalized spacial score (nSPS) is 10.8. The van der Waals surface area contributed by atoms with Crippen LogP contribution in [-0.4, -0.2) is 19.3 Å². The number of halogens is 2. The molecule has 1 N–H and O–H groups in total. The van der Waals surface area contributed by atoms with Gasteiger partial charge in [0.05, 0.1) is 13.7 Å². The smallest absolute Gasteiger partial charge is 0.162 e. The van der Waals surface area contributed by atoms with Gasteiger partial charge in [-0.25, -0.2) is 0 Å². The molecule has 1 aromatic carbocycles. The van der Waals surface area contributed by atoms with Gasteiger partial charge in [-0.2, -0.15) is 0 Å². The van der Waals surface area contributed by atoms with Gasteiger partial charge in [0.15, 0.2) is 11.5 Å². The second-order valence-corrected chi connectivity index (χ2v) is 5.54. The van der Waals surface area contributed by atoms with Crippen molar-refractivity contribution in [1.82, 2.24) is 5.32 Å². The zero-order valence-corrected chi connectivity index (χ0v) is 13.7. The molecule has 0 atom stereocenters. The lowest BCUT2D eigenvalue weighted by molar-refractivity contribution is 0.310. The van der Waals surface area contributed by atoms with Gasteiger partial charge >= 0.3 is 0 Å². The molecular formula is C14H23Cl2NO2. The number of methoxy groups -OCH3 is 1. The summed E-state index contributed by atoms with van der Waals surface area (Å²) in [6, 6.07) is 3.73. The number of nitrogens with one attached hydrogen (secondary N) is 1. The monoisotopic (exact) mass is 307 g/mol. The Labute approximate surface area is 127 Å².